The molecule has 0 saturated carbocycles. The summed E-state index contributed by atoms with van der Waals surface area (Å²) >= 11 is 9.50. The molecule has 0 radical (unpaired) electrons. The normalized spacial score (nSPS) is 13.4. The first kappa shape index (κ1) is 21.6. The predicted molar refractivity (Wildman–Crippen MR) is 128 cm³/mol. The molecule has 2 amide bonds. The minimum absolute atomic E-state index is 0.262. The van der Waals surface area contributed by atoms with E-state index < -0.39 is 0 Å². The van der Waals surface area contributed by atoms with Gasteiger partial charge in [0.15, 0.2) is 0 Å². The van der Waals surface area contributed by atoms with Crippen LogP contribution in [0.2, 0.25) is 5.02 Å². The minimum Gasteiger partial charge on any atom is -0.322 e. The summed E-state index contributed by atoms with van der Waals surface area (Å²) in [7, 11) is 2.09. The maximum atomic E-state index is 12.9. The zero-order valence-electron chi connectivity index (χ0n) is 16.9. The SMILES string of the molecule is CN1CCc2cc(C(=O)Nc3ccc(Cl)cc3C(=O)Nc3ccc(Br)cc3)ccc2C1. The highest BCUT2D eigenvalue weighted by molar-refractivity contribution is 9.10. The van der Waals surface area contributed by atoms with Crippen molar-refractivity contribution in [1.29, 1.82) is 0 Å². The van der Waals surface area contributed by atoms with Gasteiger partial charge in [-0.15, -0.1) is 0 Å². The van der Waals surface area contributed by atoms with Gasteiger partial charge in [-0.25, -0.2) is 0 Å². The van der Waals surface area contributed by atoms with Crippen LogP contribution in [0.3, 0.4) is 0 Å². The van der Waals surface area contributed by atoms with Crippen LogP contribution in [0.25, 0.3) is 0 Å². The molecule has 1 heterocycles. The first-order valence-electron chi connectivity index (χ1n) is 9.87. The molecule has 0 fully saturated rings. The molecule has 3 aromatic carbocycles. The average Bonchev–Trinajstić information content (AvgIpc) is 2.76. The lowest BCUT2D eigenvalue weighted by molar-refractivity contribution is 0.102. The maximum absolute atomic E-state index is 12.9. The maximum Gasteiger partial charge on any atom is 0.257 e. The van der Waals surface area contributed by atoms with Crippen LogP contribution in [0.15, 0.2) is 65.1 Å². The molecule has 4 rings (SSSR count). The van der Waals surface area contributed by atoms with E-state index in [0.717, 1.165) is 24.0 Å². The van der Waals surface area contributed by atoms with Crippen molar-refractivity contribution in [1.82, 2.24) is 4.90 Å². The number of likely N-dealkylation sites (N-methyl/N-ethyl adjacent to an activating group) is 1. The summed E-state index contributed by atoms with van der Waals surface area (Å²) in [5, 5.41) is 6.12. The number of rotatable bonds is 4. The lowest BCUT2D eigenvalue weighted by Gasteiger charge is -2.25. The molecule has 0 atom stereocenters. The van der Waals surface area contributed by atoms with Crippen LogP contribution in [-0.2, 0) is 13.0 Å². The molecule has 2 N–H and O–H groups in total. The van der Waals surface area contributed by atoms with Crippen molar-refractivity contribution in [3.8, 4) is 0 Å². The van der Waals surface area contributed by atoms with E-state index in [4.69, 9.17) is 11.6 Å². The Bertz CT molecular complexity index is 1150. The molecule has 0 aliphatic carbocycles. The van der Waals surface area contributed by atoms with Gasteiger partial charge in [-0.05, 0) is 79.2 Å². The standard InChI is InChI=1S/C24H21BrClN3O2/c1-29-11-10-15-12-16(2-3-17(15)14-29)23(30)28-22-9-6-19(26)13-21(22)24(31)27-20-7-4-18(25)5-8-20/h2-9,12-13H,10-11,14H2,1H3,(H,27,31)(H,28,30). The molecule has 0 bridgehead atoms. The molecule has 0 aromatic heterocycles. The average molecular weight is 499 g/mol. The number of hydrogen-bond acceptors (Lipinski definition) is 3. The van der Waals surface area contributed by atoms with Gasteiger partial charge in [-0.3, -0.25) is 9.59 Å². The first-order valence-corrected chi connectivity index (χ1v) is 11.0. The Morgan fingerprint density at radius 3 is 2.48 bits per heavy atom. The second-order valence-corrected chi connectivity index (χ2v) is 8.93. The summed E-state index contributed by atoms with van der Waals surface area (Å²) in [4.78, 5) is 28.1. The number of carbonyl (C=O) groups excluding carboxylic acids is 2. The van der Waals surface area contributed by atoms with Crippen LogP contribution >= 0.6 is 27.5 Å². The Labute approximate surface area is 194 Å². The quantitative estimate of drug-likeness (QED) is 0.492. The van der Waals surface area contributed by atoms with Crippen molar-refractivity contribution in [2.75, 3.05) is 24.2 Å². The summed E-state index contributed by atoms with van der Waals surface area (Å²) in [6, 6.07) is 17.9. The third-order valence-corrected chi connectivity index (χ3v) is 6.01. The Hall–Kier alpha value is -2.67. The van der Waals surface area contributed by atoms with Gasteiger partial charge in [-0.2, -0.15) is 0 Å². The number of nitrogens with one attached hydrogen (secondary N) is 2. The fraction of sp³-hybridized carbons (Fsp3) is 0.167. The lowest BCUT2D eigenvalue weighted by Crippen LogP contribution is -2.27. The number of halogens is 2. The van der Waals surface area contributed by atoms with Crippen molar-refractivity contribution in [2.24, 2.45) is 0 Å². The summed E-state index contributed by atoms with van der Waals surface area (Å²) in [6.45, 7) is 1.85. The zero-order valence-corrected chi connectivity index (χ0v) is 19.3. The second-order valence-electron chi connectivity index (χ2n) is 7.58. The fourth-order valence-electron chi connectivity index (χ4n) is 3.57. The van der Waals surface area contributed by atoms with Crippen molar-refractivity contribution in [2.45, 2.75) is 13.0 Å². The smallest absolute Gasteiger partial charge is 0.257 e. The number of benzene rings is 3. The van der Waals surface area contributed by atoms with Gasteiger partial charge in [0.2, 0.25) is 0 Å². The van der Waals surface area contributed by atoms with Gasteiger partial charge < -0.3 is 15.5 Å². The Morgan fingerprint density at radius 1 is 0.935 bits per heavy atom. The van der Waals surface area contributed by atoms with Crippen LogP contribution in [0.4, 0.5) is 11.4 Å². The number of carbonyl (C=O) groups is 2. The summed E-state index contributed by atoms with van der Waals surface area (Å²) < 4.78 is 0.915. The molecule has 1 aliphatic heterocycles. The van der Waals surface area contributed by atoms with Crippen LogP contribution < -0.4 is 10.6 Å². The zero-order chi connectivity index (χ0) is 22.0. The van der Waals surface area contributed by atoms with E-state index in [1.165, 1.54) is 11.1 Å². The molecule has 0 spiro atoms. The topological polar surface area (TPSA) is 61.4 Å². The molecular formula is C24H21BrClN3O2. The Morgan fingerprint density at radius 2 is 1.71 bits per heavy atom. The molecule has 5 nitrogen and oxygen atoms in total. The molecular weight excluding hydrogens is 478 g/mol. The number of amides is 2. The lowest BCUT2D eigenvalue weighted by atomic mass is 9.97. The van der Waals surface area contributed by atoms with Crippen molar-refractivity contribution >= 4 is 50.7 Å². The van der Waals surface area contributed by atoms with E-state index in [1.807, 2.05) is 30.3 Å². The van der Waals surface area contributed by atoms with E-state index in [0.29, 0.717) is 27.5 Å². The largest absolute Gasteiger partial charge is 0.322 e. The molecule has 158 valence electrons. The molecule has 0 unspecified atom stereocenters. The Balaban J connectivity index is 1.55. The minimum atomic E-state index is -0.353. The van der Waals surface area contributed by atoms with E-state index in [9.17, 15) is 9.59 Å². The first-order chi connectivity index (χ1) is 14.9. The molecule has 1 aliphatic rings. The third kappa shape index (κ3) is 5.15. The third-order valence-electron chi connectivity index (χ3n) is 5.25. The molecule has 31 heavy (non-hydrogen) atoms. The van der Waals surface area contributed by atoms with Crippen molar-refractivity contribution in [3.63, 3.8) is 0 Å². The van der Waals surface area contributed by atoms with Crippen molar-refractivity contribution < 1.29 is 9.59 Å². The van der Waals surface area contributed by atoms with Gasteiger partial charge in [0.1, 0.15) is 0 Å². The van der Waals surface area contributed by atoms with E-state index >= 15 is 0 Å². The Kier molecular flexibility index (Phi) is 6.41. The van der Waals surface area contributed by atoms with Crippen molar-refractivity contribution in [3.05, 3.63) is 92.4 Å². The monoisotopic (exact) mass is 497 g/mol. The van der Waals surface area contributed by atoms with Crippen LogP contribution in [0.5, 0.6) is 0 Å². The second kappa shape index (κ2) is 9.22. The highest BCUT2D eigenvalue weighted by Crippen LogP contribution is 2.25. The van der Waals surface area contributed by atoms with Gasteiger partial charge in [-0.1, -0.05) is 33.6 Å². The summed E-state index contributed by atoms with van der Waals surface area (Å²) in [5.74, 6) is -0.615. The van der Waals surface area contributed by atoms with Crippen LogP contribution in [0, 0.1) is 0 Å². The molecule has 0 saturated heterocycles. The number of nitrogens with zero attached hydrogens (tertiary/aromatic N) is 1. The molecule has 3 aromatic rings. The van der Waals surface area contributed by atoms with E-state index in [-0.39, 0.29) is 11.8 Å². The fourth-order valence-corrected chi connectivity index (χ4v) is 4.01. The summed E-state index contributed by atoms with van der Waals surface area (Å²) in [6.07, 6.45) is 0.911. The number of fused-ring (bicyclic) bond motifs is 1. The van der Waals surface area contributed by atoms with Gasteiger partial charge in [0.25, 0.3) is 11.8 Å². The van der Waals surface area contributed by atoms with Gasteiger partial charge in [0, 0.05) is 33.8 Å². The van der Waals surface area contributed by atoms with E-state index in [2.05, 4.69) is 38.5 Å². The highest BCUT2D eigenvalue weighted by Gasteiger charge is 2.18. The summed E-state index contributed by atoms with van der Waals surface area (Å²) in [5.41, 5.74) is 4.34. The van der Waals surface area contributed by atoms with Gasteiger partial charge >= 0.3 is 0 Å². The van der Waals surface area contributed by atoms with Gasteiger partial charge in [0.05, 0.1) is 11.3 Å². The number of anilines is 2. The van der Waals surface area contributed by atoms with E-state index in [1.54, 1.807) is 30.3 Å². The van der Waals surface area contributed by atoms with Crippen LogP contribution in [0.1, 0.15) is 31.8 Å². The van der Waals surface area contributed by atoms with Crippen LogP contribution in [-0.4, -0.2) is 30.3 Å². The highest BCUT2D eigenvalue weighted by atomic mass is 79.9. The molecule has 7 heteroatoms. The predicted octanol–water partition coefficient (Wildman–Crippen LogP) is 5.60. The number of hydrogen-bond donors (Lipinski definition) is 2.